The third-order valence-electron chi connectivity index (χ3n) is 9.09. The first-order chi connectivity index (χ1) is 20.0. The summed E-state index contributed by atoms with van der Waals surface area (Å²) in [6.45, 7) is 7.39. The Labute approximate surface area is 248 Å². The molecule has 0 spiro atoms. The minimum absolute atomic E-state index is 0.827. The minimum Gasteiger partial charge on any atom is -0.256 e. The van der Waals surface area contributed by atoms with Gasteiger partial charge in [0.1, 0.15) is 0 Å². The molecule has 206 valence electrons. The summed E-state index contributed by atoms with van der Waals surface area (Å²) in [4.78, 5) is 10.8. The monoisotopic (exact) mass is 569 g/mol. The number of pyridine rings is 1. The molecule has 0 bridgehead atoms. The number of benzene rings is 4. The van der Waals surface area contributed by atoms with Crippen LogP contribution in [0.1, 0.15) is 31.2 Å². The zero-order valence-corrected chi connectivity index (χ0v) is 26.3. The van der Waals surface area contributed by atoms with Crippen molar-refractivity contribution < 1.29 is 0 Å². The Bertz CT molecular complexity index is 1660. The van der Waals surface area contributed by atoms with E-state index in [9.17, 15) is 0 Å². The van der Waals surface area contributed by atoms with Crippen LogP contribution in [0.15, 0.2) is 135 Å². The number of rotatable bonds is 6. The molecule has 1 aliphatic heterocycles. The van der Waals surface area contributed by atoms with E-state index >= 15 is 0 Å². The molecule has 0 unspecified atom stereocenters. The zero-order chi connectivity index (χ0) is 28.0. The average molecular weight is 570 g/mol. The fraction of sp³-hybridized carbons (Fsp3) is 0.237. The minimum atomic E-state index is -1.60. The number of nitrogens with zero attached hydrogens (tertiary/aromatic N) is 1. The third kappa shape index (κ3) is 4.51. The van der Waals surface area contributed by atoms with Crippen LogP contribution < -0.4 is 5.19 Å². The van der Waals surface area contributed by atoms with Crippen LogP contribution in [0, 0.1) is 5.92 Å². The molecule has 1 fully saturated rings. The molecule has 5 aromatic rings. The van der Waals surface area contributed by atoms with Crippen molar-refractivity contribution in [3.63, 3.8) is 0 Å². The number of fused-ring (bicyclic) bond motifs is 3. The molecule has 0 amide bonds. The normalized spacial score (nSPS) is 16.8. The Balaban J connectivity index is 1.42. The van der Waals surface area contributed by atoms with Crippen molar-refractivity contribution in [2.75, 3.05) is 0 Å². The molecular weight excluding hydrogens is 531 g/mol. The van der Waals surface area contributed by atoms with Crippen LogP contribution in [0.3, 0.4) is 0 Å². The van der Waals surface area contributed by atoms with Crippen LogP contribution in [0.5, 0.6) is 0 Å². The van der Waals surface area contributed by atoms with Gasteiger partial charge in [-0.15, -0.1) is 10.0 Å². The summed E-state index contributed by atoms with van der Waals surface area (Å²) in [6, 6.07) is 41.1. The highest BCUT2D eigenvalue weighted by molar-refractivity contribution is 8.34. The van der Waals surface area contributed by atoms with E-state index in [2.05, 4.69) is 135 Å². The molecule has 4 aromatic carbocycles. The van der Waals surface area contributed by atoms with Crippen molar-refractivity contribution in [3.05, 3.63) is 121 Å². The molecule has 1 nitrogen and oxygen atoms in total. The lowest BCUT2D eigenvalue weighted by molar-refractivity contribution is 0.547. The van der Waals surface area contributed by atoms with E-state index in [1.165, 1.54) is 73.6 Å². The lowest BCUT2D eigenvalue weighted by Gasteiger charge is -2.39. The quantitative estimate of drug-likeness (QED) is 0.182. The molecule has 1 aromatic heterocycles. The summed E-state index contributed by atoms with van der Waals surface area (Å²) in [5.74, 6) is 0.827. The van der Waals surface area contributed by atoms with Crippen LogP contribution in [0.25, 0.3) is 22.4 Å². The first kappa shape index (κ1) is 26.5. The van der Waals surface area contributed by atoms with Gasteiger partial charge in [-0.3, -0.25) is 4.98 Å². The van der Waals surface area contributed by atoms with Gasteiger partial charge < -0.3 is 0 Å². The summed E-state index contributed by atoms with van der Waals surface area (Å²) < 4.78 is 0. The lowest BCUT2D eigenvalue weighted by atomic mass is 9.96. The fourth-order valence-electron chi connectivity index (χ4n) is 7.16. The highest BCUT2D eigenvalue weighted by Gasteiger charge is 2.41. The second-order valence-electron chi connectivity index (χ2n) is 12.8. The summed E-state index contributed by atoms with van der Waals surface area (Å²) in [7, 11) is -3.09. The topological polar surface area (TPSA) is 12.9 Å². The van der Waals surface area contributed by atoms with Crippen molar-refractivity contribution in [2.24, 2.45) is 5.92 Å². The molecule has 41 heavy (non-hydrogen) atoms. The summed E-state index contributed by atoms with van der Waals surface area (Å²) in [5.41, 5.74) is 6.61. The predicted octanol–water partition coefficient (Wildman–Crippen LogP) is 10.3. The summed E-state index contributed by atoms with van der Waals surface area (Å²) in [6.07, 6.45) is 8.98. The molecule has 0 saturated heterocycles. The third-order valence-corrected chi connectivity index (χ3v) is 15.1. The van der Waals surface area contributed by atoms with E-state index in [1.54, 1.807) is 5.56 Å². The highest BCUT2D eigenvalue weighted by atomic mass is 32.3. The zero-order valence-electron chi connectivity index (χ0n) is 24.4. The van der Waals surface area contributed by atoms with E-state index in [0.29, 0.717) is 0 Å². The van der Waals surface area contributed by atoms with E-state index in [1.807, 2.05) is 0 Å². The standard InChI is InChI=1S/C38H39NSSi/c1-41(2,3)38-27-39-35(26-30(38)24-28-14-10-11-15-28)29-22-23-37-34(25-29)33-20-12-13-21-36(33)40(37,31-16-6-4-7-17-31)32-18-8-5-9-19-32/h4-9,12-13,16-23,25-28H,10-11,14-15,24H2,1-3H3. The number of hydrogen-bond acceptors (Lipinski definition) is 1. The maximum Gasteiger partial charge on any atom is 0.0799 e. The van der Waals surface area contributed by atoms with E-state index in [0.717, 1.165) is 11.6 Å². The van der Waals surface area contributed by atoms with Crippen molar-refractivity contribution >= 4 is 23.3 Å². The Hall–Kier alpha value is -3.40. The van der Waals surface area contributed by atoms with Gasteiger partial charge in [-0.1, -0.05) is 106 Å². The number of hydrogen-bond donors (Lipinski definition) is 0. The second-order valence-corrected chi connectivity index (χ2v) is 20.9. The Morgan fingerprint density at radius 2 is 1.29 bits per heavy atom. The summed E-state index contributed by atoms with van der Waals surface area (Å²) in [5, 5.41) is 1.54. The first-order valence-electron chi connectivity index (χ1n) is 15.1. The first-order valence-corrected chi connectivity index (χ1v) is 20.3. The van der Waals surface area contributed by atoms with Gasteiger partial charge in [0.05, 0.1) is 13.8 Å². The van der Waals surface area contributed by atoms with Crippen LogP contribution in [0.4, 0.5) is 0 Å². The van der Waals surface area contributed by atoms with Crippen molar-refractivity contribution in [1.82, 2.24) is 4.98 Å². The largest absolute Gasteiger partial charge is 0.256 e. The van der Waals surface area contributed by atoms with Crippen molar-refractivity contribution in [2.45, 2.75) is 71.3 Å². The van der Waals surface area contributed by atoms with Gasteiger partial charge in [-0.05, 0) is 82.7 Å². The van der Waals surface area contributed by atoms with Crippen LogP contribution in [0.2, 0.25) is 19.6 Å². The van der Waals surface area contributed by atoms with Gasteiger partial charge in [-0.2, -0.15) is 0 Å². The van der Waals surface area contributed by atoms with E-state index in [-0.39, 0.29) is 0 Å². The molecule has 3 heteroatoms. The molecule has 0 radical (unpaired) electrons. The molecule has 0 atom stereocenters. The second kappa shape index (κ2) is 10.5. The lowest BCUT2D eigenvalue weighted by Crippen LogP contribution is -2.41. The maximum absolute atomic E-state index is 5.13. The Kier molecular flexibility index (Phi) is 6.76. The molecule has 7 rings (SSSR count). The predicted molar refractivity (Wildman–Crippen MR) is 177 cm³/mol. The molecule has 0 N–H and O–H groups in total. The molecular formula is C38H39NSSi. The van der Waals surface area contributed by atoms with Crippen LogP contribution in [-0.2, 0) is 6.42 Å². The van der Waals surface area contributed by atoms with Gasteiger partial charge in [0.15, 0.2) is 0 Å². The van der Waals surface area contributed by atoms with Crippen molar-refractivity contribution in [3.8, 4) is 22.4 Å². The average Bonchev–Trinajstić information content (AvgIpc) is 3.62. The number of aromatic nitrogens is 1. The van der Waals surface area contributed by atoms with Crippen molar-refractivity contribution in [1.29, 1.82) is 0 Å². The Morgan fingerprint density at radius 1 is 0.683 bits per heavy atom. The van der Waals surface area contributed by atoms with Gasteiger partial charge >= 0.3 is 0 Å². The fourth-order valence-corrected chi connectivity index (χ4v) is 13.0. The van der Waals surface area contributed by atoms with Gasteiger partial charge in [0, 0.05) is 31.3 Å². The smallest absolute Gasteiger partial charge is 0.0799 e. The van der Waals surface area contributed by atoms with E-state index in [4.69, 9.17) is 4.98 Å². The SMILES string of the molecule is C[Si](C)(C)c1cnc(-c2ccc3c(c2)-c2ccccc2S3(c2ccccc2)c2ccccc2)cc1CC1CCCC1. The van der Waals surface area contributed by atoms with Crippen LogP contribution >= 0.6 is 10.0 Å². The highest BCUT2D eigenvalue weighted by Crippen LogP contribution is 2.79. The molecule has 1 aliphatic carbocycles. The van der Waals surface area contributed by atoms with E-state index < -0.39 is 18.1 Å². The molecule has 2 aliphatic rings. The Morgan fingerprint density at radius 3 is 1.95 bits per heavy atom. The van der Waals surface area contributed by atoms with Gasteiger partial charge in [0.25, 0.3) is 0 Å². The molecule has 1 saturated carbocycles. The van der Waals surface area contributed by atoms with Gasteiger partial charge in [0.2, 0.25) is 0 Å². The van der Waals surface area contributed by atoms with Crippen LogP contribution in [-0.4, -0.2) is 13.1 Å². The molecule has 2 heterocycles. The maximum atomic E-state index is 5.13. The van der Waals surface area contributed by atoms with Gasteiger partial charge in [-0.25, -0.2) is 0 Å². The summed E-state index contributed by atoms with van der Waals surface area (Å²) >= 11 is 0.